The number of rotatable bonds is 8. The quantitative estimate of drug-likeness (QED) is 0.533. The topological polar surface area (TPSA) is 86.7 Å². The van der Waals surface area contributed by atoms with Gasteiger partial charge in [-0.2, -0.15) is 0 Å². The highest BCUT2D eigenvalue weighted by Crippen LogP contribution is 1.95. The van der Waals surface area contributed by atoms with Crippen LogP contribution in [-0.4, -0.2) is 47.9 Å². The monoisotopic (exact) mass is 216 g/mol. The van der Waals surface area contributed by atoms with E-state index in [0.717, 1.165) is 6.42 Å². The zero-order chi connectivity index (χ0) is 11.7. The molecule has 0 heterocycles. The molecular weight excluding hydrogens is 200 g/mol. The molecule has 0 aliphatic rings. The molecule has 0 aromatic heterocycles. The summed E-state index contributed by atoms with van der Waals surface area (Å²) in [6, 6.07) is 0. The molecule has 0 aromatic rings. The number of hydrogen-bond donors (Lipinski definition) is 2. The molecule has 0 unspecified atom stereocenters. The summed E-state index contributed by atoms with van der Waals surface area (Å²) in [6.45, 7) is 2.51. The SMILES string of the molecule is CCCN(CCC(=O)O)C(=O)CNC=O. The molecule has 0 atom stereocenters. The number of carboxylic acids is 1. The second kappa shape index (κ2) is 7.78. The standard InChI is InChI=1S/C9H16N2O4/c1-2-4-11(5-3-9(14)15)8(13)6-10-7-12/h7H,2-6H2,1H3,(H,10,12)(H,14,15). The van der Waals surface area contributed by atoms with E-state index in [0.29, 0.717) is 13.0 Å². The number of aliphatic carboxylic acids is 1. The molecule has 0 radical (unpaired) electrons. The molecule has 0 bridgehead atoms. The maximum absolute atomic E-state index is 11.4. The second-order valence-corrected chi connectivity index (χ2v) is 3.02. The number of carboxylic acid groups (broad SMARTS) is 1. The molecule has 0 aliphatic carbocycles. The van der Waals surface area contributed by atoms with Gasteiger partial charge in [0.25, 0.3) is 0 Å². The van der Waals surface area contributed by atoms with E-state index in [1.54, 1.807) is 0 Å². The molecule has 0 aromatic carbocycles. The van der Waals surface area contributed by atoms with Crippen LogP contribution in [0.1, 0.15) is 19.8 Å². The molecule has 0 aliphatic heterocycles. The summed E-state index contributed by atoms with van der Waals surface area (Å²) in [5.41, 5.74) is 0. The van der Waals surface area contributed by atoms with E-state index in [1.165, 1.54) is 4.90 Å². The largest absolute Gasteiger partial charge is 0.481 e. The first kappa shape index (κ1) is 13.4. The Kier molecular flexibility index (Phi) is 6.96. The van der Waals surface area contributed by atoms with Gasteiger partial charge in [0.2, 0.25) is 12.3 Å². The lowest BCUT2D eigenvalue weighted by atomic mass is 10.3. The van der Waals surface area contributed by atoms with Crippen LogP contribution in [0.15, 0.2) is 0 Å². The van der Waals surface area contributed by atoms with E-state index < -0.39 is 5.97 Å². The van der Waals surface area contributed by atoms with Gasteiger partial charge in [0.05, 0.1) is 13.0 Å². The summed E-state index contributed by atoms with van der Waals surface area (Å²) in [5.74, 6) is -1.20. The molecule has 0 rings (SSSR count). The molecule has 0 saturated carbocycles. The number of amides is 2. The van der Waals surface area contributed by atoms with Crippen molar-refractivity contribution in [3.05, 3.63) is 0 Å². The Morgan fingerprint density at radius 3 is 2.53 bits per heavy atom. The van der Waals surface area contributed by atoms with Gasteiger partial charge in [0, 0.05) is 13.1 Å². The van der Waals surface area contributed by atoms with Crippen molar-refractivity contribution in [2.45, 2.75) is 19.8 Å². The van der Waals surface area contributed by atoms with Crippen LogP contribution in [0.4, 0.5) is 0 Å². The van der Waals surface area contributed by atoms with E-state index in [-0.39, 0.29) is 25.4 Å². The Labute approximate surface area is 88.2 Å². The Bertz CT molecular complexity index is 230. The van der Waals surface area contributed by atoms with Gasteiger partial charge in [-0.15, -0.1) is 0 Å². The highest BCUT2D eigenvalue weighted by molar-refractivity contribution is 5.80. The molecular formula is C9H16N2O4. The van der Waals surface area contributed by atoms with Crippen LogP contribution in [0.5, 0.6) is 0 Å². The summed E-state index contributed by atoms with van der Waals surface area (Å²) in [6.07, 6.45) is 1.12. The van der Waals surface area contributed by atoms with Crippen molar-refractivity contribution in [3.63, 3.8) is 0 Å². The van der Waals surface area contributed by atoms with Gasteiger partial charge in [-0.1, -0.05) is 6.92 Å². The van der Waals surface area contributed by atoms with Crippen LogP contribution >= 0.6 is 0 Å². The zero-order valence-electron chi connectivity index (χ0n) is 8.73. The van der Waals surface area contributed by atoms with Crippen molar-refractivity contribution in [1.82, 2.24) is 10.2 Å². The number of carbonyl (C=O) groups is 3. The molecule has 0 spiro atoms. The Morgan fingerprint density at radius 1 is 1.40 bits per heavy atom. The lowest BCUT2D eigenvalue weighted by molar-refractivity contribution is -0.138. The second-order valence-electron chi connectivity index (χ2n) is 3.02. The first-order valence-corrected chi connectivity index (χ1v) is 4.78. The minimum absolute atomic E-state index is 0.0766. The van der Waals surface area contributed by atoms with Gasteiger partial charge in [-0.05, 0) is 6.42 Å². The van der Waals surface area contributed by atoms with Crippen molar-refractivity contribution in [2.24, 2.45) is 0 Å². The maximum Gasteiger partial charge on any atom is 0.305 e. The van der Waals surface area contributed by atoms with Crippen LogP contribution in [0.25, 0.3) is 0 Å². The minimum Gasteiger partial charge on any atom is -0.481 e. The summed E-state index contributed by atoms with van der Waals surface area (Å²) >= 11 is 0. The van der Waals surface area contributed by atoms with E-state index in [4.69, 9.17) is 5.11 Å². The number of nitrogens with one attached hydrogen (secondary N) is 1. The van der Waals surface area contributed by atoms with Crippen LogP contribution in [0, 0.1) is 0 Å². The first-order chi connectivity index (χ1) is 7.11. The number of carbonyl (C=O) groups excluding carboxylic acids is 2. The fourth-order valence-electron chi connectivity index (χ4n) is 1.10. The lowest BCUT2D eigenvalue weighted by Gasteiger charge is -2.20. The predicted molar refractivity (Wildman–Crippen MR) is 53.2 cm³/mol. The zero-order valence-corrected chi connectivity index (χ0v) is 8.73. The van der Waals surface area contributed by atoms with Crippen molar-refractivity contribution in [1.29, 1.82) is 0 Å². The van der Waals surface area contributed by atoms with Crippen LogP contribution in [0.2, 0.25) is 0 Å². The summed E-state index contributed by atoms with van der Waals surface area (Å²) in [7, 11) is 0. The van der Waals surface area contributed by atoms with E-state index >= 15 is 0 Å². The molecule has 2 N–H and O–H groups in total. The highest BCUT2D eigenvalue weighted by atomic mass is 16.4. The number of hydrogen-bond acceptors (Lipinski definition) is 3. The van der Waals surface area contributed by atoms with E-state index in [9.17, 15) is 14.4 Å². The third-order valence-corrected chi connectivity index (χ3v) is 1.78. The Balaban J connectivity index is 4.05. The van der Waals surface area contributed by atoms with Gasteiger partial charge in [-0.25, -0.2) is 0 Å². The van der Waals surface area contributed by atoms with Gasteiger partial charge >= 0.3 is 5.97 Å². The average molecular weight is 216 g/mol. The van der Waals surface area contributed by atoms with Crippen LogP contribution in [-0.2, 0) is 14.4 Å². The number of nitrogens with zero attached hydrogens (tertiary/aromatic N) is 1. The van der Waals surface area contributed by atoms with Crippen molar-refractivity contribution < 1.29 is 19.5 Å². The smallest absolute Gasteiger partial charge is 0.305 e. The fourth-order valence-corrected chi connectivity index (χ4v) is 1.10. The van der Waals surface area contributed by atoms with E-state index in [2.05, 4.69) is 5.32 Å². The average Bonchev–Trinajstić information content (AvgIpc) is 2.20. The summed E-state index contributed by atoms with van der Waals surface area (Å²) in [5, 5.41) is 10.7. The Morgan fingerprint density at radius 2 is 2.07 bits per heavy atom. The molecule has 86 valence electrons. The lowest BCUT2D eigenvalue weighted by Crippen LogP contribution is -2.39. The van der Waals surface area contributed by atoms with Crippen molar-refractivity contribution in [2.75, 3.05) is 19.6 Å². The van der Waals surface area contributed by atoms with Crippen molar-refractivity contribution in [3.8, 4) is 0 Å². The van der Waals surface area contributed by atoms with Gasteiger partial charge in [0.15, 0.2) is 0 Å². The van der Waals surface area contributed by atoms with E-state index in [1.807, 2.05) is 6.92 Å². The molecule has 2 amide bonds. The summed E-state index contributed by atoms with van der Waals surface area (Å²) < 4.78 is 0. The molecule has 6 nitrogen and oxygen atoms in total. The molecule has 6 heteroatoms. The Hall–Kier alpha value is -1.59. The summed E-state index contributed by atoms with van der Waals surface area (Å²) in [4.78, 5) is 33.2. The normalized spacial score (nSPS) is 9.40. The fraction of sp³-hybridized carbons (Fsp3) is 0.667. The minimum atomic E-state index is -0.938. The van der Waals surface area contributed by atoms with Gasteiger partial charge in [0.1, 0.15) is 0 Å². The predicted octanol–water partition coefficient (Wildman–Crippen LogP) is -0.554. The first-order valence-electron chi connectivity index (χ1n) is 4.78. The van der Waals surface area contributed by atoms with Crippen LogP contribution in [0.3, 0.4) is 0 Å². The molecule has 0 saturated heterocycles. The molecule has 15 heavy (non-hydrogen) atoms. The third kappa shape index (κ3) is 6.48. The third-order valence-electron chi connectivity index (χ3n) is 1.78. The highest BCUT2D eigenvalue weighted by Gasteiger charge is 2.12. The van der Waals surface area contributed by atoms with Crippen LogP contribution < -0.4 is 5.32 Å². The van der Waals surface area contributed by atoms with Gasteiger partial charge < -0.3 is 15.3 Å². The van der Waals surface area contributed by atoms with Gasteiger partial charge in [-0.3, -0.25) is 14.4 Å². The van der Waals surface area contributed by atoms with Crippen molar-refractivity contribution >= 4 is 18.3 Å². The maximum atomic E-state index is 11.4. The molecule has 0 fully saturated rings.